The van der Waals surface area contributed by atoms with Crippen LogP contribution in [0.3, 0.4) is 0 Å². The van der Waals surface area contributed by atoms with Gasteiger partial charge in [-0.25, -0.2) is 39.4 Å². The van der Waals surface area contributed by atoms with Crippen molar-refractivity contribution in [2.75, 3.05) is 17.7 Å². The summed E-state index contributed by atoms with van der Waals surface area (Å²) in [6.45, 7) is 21.4. The molecule has 7 rings (SSSR count). The average Bonchev–Trinajstić information content (AvgIpc) is 3.34. The Morgan fingerprint density at radius 2 is 1.26 bits per heavy atom. The molecule has 0 fully saturated rings. The summed E-state index contributed by atoms with van der Waals surface area (Å²) in [6, 6.07) is 28.2. The third-order valence-corrected chi connectivity index (χ3v) is 17.7. The number of nitrogens with zero attached hydrogens (tertiary/aromatic N) is 1. The van der Waals surface area contributed by atoms with E-state index < -0.39 is 69.4 Å². The number of ether oxygens (including phenoxy) is 1. The molecule has 0 saturated carbocycles. The number of rotatable bonds is 18. The molecule has 0 atom stereocenters. The minimum Gasteiger partial charge on any atom is -0.464 e. The number of hydrogen-bond donors (Lipinski definition) is 2. The van der Waals surface area contributed by atoms with Gasteiger partial charge >= 0.3 is 5.97 Å². The Balaban J connectivity index is 1.37. The Hall–Kier alpha value is -6.01. The van der Waals surface area contributed by atoms with Gasteiger partial charge in [-0.15, -0.1) is 15.9 Å². The lowest BCUT2D eigenvalue weighted by Gasteiger charge is -2.22. The first-order valence-corrected chi connectivity index (χ1v) is 28.4. The first-order chi connectivity index (χ1) is 34.8. The van der Waals surface area contributed by atoms with Gasteiger partial charge in [0.25, 0.3) is 20.0 Å². The minimum atomic E-state index is -5.92. The van der Waals surface area contributed by atoms with E-state index >= 15 is 17.6 Å². The van der Waals surface area contributed by atoms with Gasteiger partial charge in [0.15, 0.2) is 28.2 Å². The molecule has 0 radical (unpaired) electrons. The number of esters is 1. The van der Waals surface area contributed by atoms with E-state index in [1.165, 1.54) is 22.3 Å². The number of carbonyl (C=O) groups excluding carboxylic acids is 1. The molecule has 5 aromatic carbocycles. The van der Waals surface area contributed by atoms with Gasteiger partial charge in [0.2, 0.25) is 0 Å². The number of benzene rings is 6. The van der Waals surface area contributed by atoms with Crippen LogP contribution in [0.2, 0.25) is 0 Å². The number of sulfonamides is 2. The molecule has 0 amide bonds. The molecule has 1 heterocycles. The first-order valence-electron chi connectivity index (χ1n) is 24.4. The number of anilines is 2. The summed E-state index contributed by atoms with van der Waals surface area (Å²) in [5, 5.41) is 4.56. The lowest BCUT2D eigenvalue weighted by Crippen LogP contribution is -2.33. The van der Waals surface area contributed by atoms with Crippen molar-refractivity contribution >= 4 is 65.8 Å². The predicted molar refractivity (Wildman–Crippen MR) is 286 cm³/mol. The SMILES string of the molecule is CCC(C)(C)C(=O)OCCSc1c(F)c(F)c(S(=O)(=O)NS(=O)(=O)c2ccccc2-c2c3ccc(=Nc4c(C(C)C)cccc4C(C)C)cc-3oc3cc(Nc4c(C(C)C)cccc4C(C)C)ccc23)c(F)c1F. The van der Waals surface area contributed by atoms with Crippen LogP contribution in [-0.4, -0.2) is 35.2 Å². The number of para-hydroxylation sites is 2. The van der Waals surface area contributed by atoms with Crippen LogP contribution in [0.1, 0.15) is 129 Å². The zero-order valence-electron chi connectivity index (χ0n) is 43.2. The molecule has 0 unspecified atom stereocenters. The Morgan fingerprint density at radius 1 is 0.689 bits per heavy atom. The normalized spacial score (nSPS) is 12.8. The fraction of sp³-hybridized carbons (Fsp3) is 0.333. The number of halogens is 4. The maximum atomic E-state index is 15.8. The highest BCUT2D eigenvalue weighted by Gasteiger charge is 2.38. The molecule has 392 valence electrons. The second-order valence-corrected chi connectivity index (χ2v) is 24.7. The largest absolute Gasteiger partial charge is 0.464 e. The summed E-state index contributed by atoms with van der Waals surface area (Å²) in [5.74, 6) is -8.92. The Bertz CT molecular complexity index is 3470. The van der Waals surface area contributed by atoms with Gasteiger partial charge in [0.1, 0.15) is 18.0 Å². The van der Waals surface area contributed by atoms with Crippen molar-refractivity contribution in [3.8, 4) is 22.5 Å². The molecule has 0 aromatic heterocycles. The summed E-state index contributed by atoms with van der Waals surface area (Å²) in [4.78, 5) is 13.4. The van der Waals surface area contributed by atoms with Gasteiger partial charge < -0.3 is 14.5 Å². The summed E-state index contributed by atoms with van der Waals surface area (Å²) < 4.78 is 133. The molecule has 17 heteroatoms. The fourth-order valence-corrected chi connectivity index (χ4v) is 12.7. The predicted octanol–water partition coefficient (Wildman–Crippen LogP) is 15.0. The maximum Gasteiger partial charge on any atom is 0.311 e. The van der Waals surface area contributed by atoms with Crippen LogP contribution in [0.4, 0.5) is 34.6 Å². The number of fused-ring (bicyclic) bond motifs is 2. The Morgan fingerprint density at radius 3 is 1.82 bits per heavy atom. The smallest absolute Gasteiger partial charge is 0.311 e. The highest BCUT2D eigenvalue weighted by molar-refractivity contribution is 8.04. The van der Waals surface area contributed by atoms with Crippen molar-refractivity contribution in [3.63, 3.8) is 0 Å². The van der Waals surface area contributed by atoms with Crippen LogP contribution in [0.5, 0.6) is 0 Å². The fourth-order valence-electron chi connectivity index (χ4n) is 8.64. The van der Waals surface area contributed by atoms with Crippen LogP contribution in [0.15, 0.2) is 121 Å². The van der Waals surface area contributed by atoms with Gasteiger partial charge in [-0.1, -0.05) is 117 Å². The second-order valence-electron chi connectivity index (χ2n) is 20.0. The molecule has 1 aliphatic heterocycles. The highest BCUT2D eigenvalue weighted by atomic mass is 32.3. The molecule has 0 saturated heterocycles. The molecule has 5 aromatic rings. The van der Waals surface area contributed by atoms with Gasteiger partial charge in [-0.3, -0.25) is 4.79 Å². The molecular weight excluding hydrogens is 1010 g/mol. The maximum absolute atomic E-state index is 15.8. The van der Waals surface area contributed by atoms with E-state index in [1.54, 1.807) is 51.1 Å². The van der Waals surface area contributed by atoms with Crippen molar-refractivity contribution in [1.29, 1.82) is 0 Å². The lowest BCUT2D eigenvalue weighted by atomic mass is 9.91. The molecule has 10 nitrogen and oxygen atoms in total. The van der Waals surface area contributed by atoms with Gasteiger partial charge in [0.05, 0.1) is 26.3 Å². The molecule has 0 spiro atoms. The summed E-state index contributed by atoms with van der Waals surface area (Å²) in [6.07, 6.45) is 0.430. The van der Waals surface area contributed by atoms with Crippen LogP contribution in [-0.2, 0) is 29.6 Å². The lowest BCUT2D eigenvalue weighted by molar-refractivity contribution is -0.153. The molecule has 2 N–H and O–H groups in total. The van der Waals surface area contributed by atoms with Crippen molar-refractivity contribution in [2.45, 2.75) is 121 Å². The van der Waals surface area contributed by atoms with Crippen molar-refractivity contribution < 1.29 is 48.3 Å². The standard InChI is InChI=1S/C57H61F4N3O7S3/c1-12-57(10,11)56(65)70-27-28-72-54-48(58)50(60)55(51(61)49(54)59)74(68,69)64-73(66,67)46-22-14-13-17-43(46)47-41-25-23-35(62-52-37(31(2)3)18-15-19-38(52)32(4)5)29-44(41)71-45-30-36(24-26-42(45)47)63-53-39(33(6)7)20-16-21-40(53)34(8)9/h13-26,29-34,62,64H,12,27-28H2,1-11H3. The van der Waals surface area contributed by atoms with Crippen LogP contribution < -0.4 is 14.8 Å². The topological polar surface area (TPSA) is 144 Å². The summed E-state index contributed by atoms with van der Waals surface area (Å²) >= 11 is 0.243. The van der Waals surface area contributed by atoms with E-state index in [2.05, 4.69) is 72.8 Å². The van der Waals surface area contributed by atoms with E-state index in [9.17, 15) is 21.6 Å². The third-order valence-electron chi connectivity index (χ3n) is 13.0. The van der Waals surface area contributed by atoms with E-state index in [0.29, 0.717) is 34.0 Å². The van der Waals surface area contributed by atoms with Gasteiger partial charge in [-0.2, -0.15) is 0 Å². The number of thioether (sulfide) groups is 1. The first kappa shape index (κ1) is 55.7. The molecule has 2 aliphatic rings. The average molecular weight is 1070 g/mol. The molecule has 1 aliphatic carbocycles. The van der Waals surface area contributed by atoms with Crippen molar-refractivity contribution in [2.24, 2.45) is 10.4 Å². The van der Waals surface area contributed by atoms with Gasteiger partial charge in [0, 0.05) is 51.3 Å². The van der Waals surface area contributed by atoms with E-state index in [4.69, 9.17) is 14.1 Å². The molecule has 0 bridgehead atoms. The summed E-state index contributed by atoms with van der Waals surface area (Å²) in [7, 11) is -11.3. The van der Waals surface area contributed by atoms with Crippen LogP contribution >= 0.6 is 11.8 Å². The van der Waals surface area contributed by atoms with Crippen molar-refractivity contribution in [3.05, 3.63) is 148 Å². The quantitative estimate of drug-likeness (QED) is 0.0214. The van der Waals surface area contributed by atoms with Crippen LogP contribution in [0, 0.1) is 28.7 Å². The Kier molecular flexibility index (Phi) is 16.6. The zero-order chi connectivity index (χ0) is 54.2. The molecular formula is C57H61F4N3O7S3. The molecule has 74 heavy (non-hydrogen) atoms. The Labute approximate surface area is 435 Å². The zero-order valence-corrected chi connectivity index (χ0v) is 45.7. The highest BCUT2D eigenvalue weighted by Crippen LogP contribution is 2.45. The van der Waals surface area contributed by atoms with Crippen LogP contribution in [0.25, 0.3) is 33.4 Å². The minimum absolute atomic E-state index is 0.0426. The summed E-state index contributed by atoms with van der Waals surface area (Å²) in [5.41, 5.74) is 6.74. The third kappa shape index (κ3) is 11.3. The number of hydrogen-bond acceptors (Lipinski definition) is 10. The van der Waals surface area contributed by atoms with Crippen molar-refractivity contribution in [1.82, 2.24) is 4.13 Å². The van der Waals surface area contributed by atoms with E-state index in [-0.39, 0.29) is 64.7 Å². The monoisotopic (exact) mass is 1070 g/mol. The second kappa shape index (κ2) is 22.1. The van der Waals surface area contributed by atoms with Gasteiger partial charge in [-0.05, 0) is 96.5 Å². The number of nitrogens with one attached hydrogen (secondary N) is 2. The van der Waals surface area contributed by atoms with E-state index in [1.807, 2.05) is 30.3 Å². The number of carbonyl (C=O) groups is 1. The van der Waals surface area contributed by atoms with E-state index in [0.717, 1.165) is 39.7 Å².